The van der Waals surface area contributed by atoms with Crippen LogP contribution in [0.1, 0.15) is 19.5 Å². The molecule has 0 bridgehead atoms. The summed E-state index contributed by atoms with van der Waals surface area (Å²) in [6.07, 6.45) is -7.82. The Morgan fingerprint density at radius 3 is 2.04 bits per heavy atom. The van der Waals surface area contributed by atoms with Crippen LogP contribution in [-0.4, -0.2) is 46.1 Å². The van der Waals surface area contributed by atoms with Crippen molar-refractivity contribution in [1.29, 1.82) is 0 Å². The van der Waals surface area contributed by atoms with Crippen molar-refractivity contribution in [3.8, 4) is 0 Å². The second-order valence-electron chi connectivity index (χ2n) is 5.17. The molecule has 2 atom stereocenters. The third kappa shape index (κ3) is 8.08. The Morgan fingerprint density at radius 2 is 1.74 bits per heavy atom. The molecule has 0 aliphatic carbocycles. The molecule has 0 saturated heterocycles. The number of aliphatic hydroxyl groups excluding tert-OH is 1. The molecule has 0 spiro atoms. The average Bonchev–Trinajstić information content (AvgIpc) is 2.92. The first-order chi connectivity index (χ1) is 11.8. The van der Waals surface area contributed by atoms with E-state index >= 15 is 0 Å². The van der Waals surface area contributed by atoms with Gasteiger partial charge in [0.05, 0.1) is 23.5 Å². The maximum atomic E-state index is 12.5. The summed E-state index contributed by atoms with van der Waals surface area (Å²) in [5.41, 5.74) is -0.122. The Kier molecular flexibility index (Phi) is 9.13. The number of aromatic nitrogens is 1. The number of carbonyl (C=O) groups is 1. The zero-order valence-electron chi connectivity index (χ0n) is 13.8. The van der Waals surface area contributed by atoms with Gasteiger partial charge in [-0.3, -0.25) is 9.78 Å². The van der Waals surface area contributed by atoms with Crippen LogP contribution in [0.15, 0.2) is 41.2 Å². The first-order valence-electron chi connectivity index (χ1n) is 7.03. The van der Waals surface area contributed by atoms with Crippen molar-refractivity contribution >= 4 is 11.6 Å². The molecule has 1 N–H and O–H groups in total. The monoisotopic (exact) mass is 575 g/mol. The van der Waals surface area contributed by atoms with Gasteiger partial charge in [0.1, 0.15) is 0 Å². The summed E-state index contributed by atoms with van der Waals surface area (Å²) in [7, 11) is 0. The SMILES string of the molecule is CC(=O)/C=C(/C)O.FC(F)(F)C1N=C(c2ccccn2)[N-]C1C(F)(F)F.[Ir]. The van der Waals surface area contributed by atoms with Crippen LogP contribution in [0.4, 0.5) is 26.3 Å². The quantitative estimate of drug-likeness (QED) is 0.328. The van der Waals surface area contributed by atoms with Gasteiger partial charge >= 0.3 is 12.4 Å². The molecule has 1 aromatic heterocycles. The van der Waals surface area contributed by atoms with Gasteiger partial charge in [0.2, 0.25) is 0 Å². The van der Waals surface area contributed by atoms with Crippen molar-refractivity contribution in [3.63, 3.8) is 0 Å². The number of aliphatic hydroxyl groups is 1. The van der Waals surface area contributed by atoms with Crippen LogP contribution in [-0.2, 0) is 24.9 Å². The summed E-state index contributed by atoms with van der Waals surface area (Å²) in [5, 5.41) is 11.4. The molecule has 27 heavy (non-hydrogen) atoms. The maximum Gasteiger partial charge on any atom is 0.391 e. The Labute approximate surface area is 163 Å². The molecular formula is C15H14F6IrN3O2-. The molecule has 1 radical (unpaired) electrons. The summed E-state index contributed by atoms with van der Waals surface area (Å²) < 4.78 is 75.3. The van der Waals surface area contributed by atoms with E-state index < -0.39 is 30.3 Å². The molecule has 2 rings (SSSR count). The van der Waals surface area contributed by atoms with Crippen LogP contribution in [0.25, 0.3) is 5.32 Å². The van der Waals surface area contributed by atoms with Gasteiger partial charge in [0.25, 0.3) is 0 Å². The van der Waals surface area contributed by atoms with E-state index in [4.69, 9.17) is 5.11 Å². The smallest absolute Gasteiger partial charge is 0.391 e. The molecule has 0 saturated carbocycles. The molecule has 2 unspecified atom stereocenters. The van der Waals surface area contributed by atoms with E-state index in [0.717, 1.165) is 0 Å². The van der Waals surface area contributed by atoms with Crippen molar-refractivity contribution in [3.05, 3.63) is 47.2 Å². The van der Waals surface area contributed by atoms with Crippen LogP contribution in [0, 0.1) is 0 Å². The number of nitrogens with zero attached hydrogens (tertiary/aromatic N) is 3. The van der Waals surface area contributed by atoms with Gasteiger partial charge in [-0.05, 0) is 31.8 Å². The minimum Gasteiger partial charge on any atom is -0.512 e. The molecular weight excluding hydrogens is 560 g/mol. The molecule has 0 aromatic carbocycles. The van der Waals surface area contributed by atoms with Gasteiger partial charge in [-0.25, -0.2) is 0 Å². The van der Waals surface area contributed by atoms with Crippen molar-refractivity contribution in [1.82, 2.24) is 4.98 Å². The average molecular weight is 575 g/mol. The molecule has 2 heterocycles. The van der Waals surface area contributed by atoms with Crippen molar-refractivity contribution in [2.45, 2.75) is 38.3 Å². The fourth-order valence-corrected chi connectivity index (χ4v) is 1.86. The summed E-state index contributed by atoms with van der Waals surface area (Å²) in [6, 6.07) is -1.69. The second kappa shape index (κ2) is 9.84. The van der Waals surface area contributed by atoms with Crippen molar-refractivity contribution in [2.24, 2.45) is 4.99 Å². The number of amidine groups is 1. The third-order valence-electron chi connectivity index (χ3n) is 2.80. The standard InChI is InChI=1S/C10H6F6N3.C5H8O2.Ir/c11-9(12,13)6-7(10(14,15)16)19-8(18-6)5-3-1-2-4-17-5;1-4(6)3-5(2)7;/h1-4,6-7H;3,6H,1-2H3;/q-1;;/b;4-3-;. The molecule has 1 aliphatic rings. The van der Waals surface area contributed by atoms with Gasteiger partial charge in [-0.2, -0.15) is 26.3 Å². The predicted octanol–water partition coefficient (Wildman–Crippen LogP) is 4.11. The van der Waals surface area contributed by atoms with E-state index in [1.54, 1.807) is 0 Å². The molecule has 0 fully saturated rings. The number of alkyl halides is 6. The summed E-state index contributed by atoms with van der Waals surface area (Å²) in [5.74, 6) is -0.697. The first-order valence-corrected chi connectivity index (χ1v) is 7.03. The van der Waals surface area contributed by atoms with E-state index in [2.05, 4.69) is 15.3 Å². The zero-order chi connectivity index (χ0) is 20.1. The van der Waals surface area contributed by atoms with Crippen molar-refractivity contribution in [2.75, 3.05) is 0 Å². The summed E-state index contributed by atoms with van der Waals surface area (Å²) >= 11 is 0. The number of halogens is 6. The number of pyridine rings is 1. The Morgan fingerprint density at radius 1 is 1.15 bits per heavy atom. The molecule has 153 valence electrons. The van der Waals surface area contributed by atoms with Gasteiger partial charge in [-0.15, -0.1) is 0 Å². The van der Waals surface area contributed by atoms with Crippen LogP contribution in [0.5, 0.6) is 0 Å². The van der Waals surface area contributed by atoms with Gasteiger partial charge in [0, 0.05) is 32.4 Å². The number of allylic oxidation sites excluding steroid dienone is 2. The van der Waals surface area contributed by atoms with Gasteiger partial charge in [0.15, 0.2) is 5.78 Å². The Hall–Kier alpha value is -1.94. The number of aliphatic imine (C=N–C) groups is 1. The molecule has 1 aromatic rings. The van der Waals surface area contributed by atoms with Crippen LogP contribution in [0.3, 0.4) is 0 Å². The largest absolute Gasteiger partial charge is 0.512 e. The Bertz CT molecular complexity index is 685. The van der Waals surface area contributed by atoms with Crippen LogP contribution < -0.4 is 0 Å². The molecule has 1 aliphatic heterocycles. The van der Waals surface area contributed by atoms with E-state index in [9.17, 15) is 31.1 Å². The zero-order valence-corrected chi connectivity index (χ0v) is 16.2. The van der Waals surface area contributed by atoms with Crippen LogP contribution in [0.2, 0.25) is 0 Å². The maximum absolute atomic E-state index is 12.5. The molecule has 5 nitrogen and oxygen atoms in total. The first kappa shape index (κ1) is 25.1. The number of hydrogen-bond acceptors (Lipinski definition) is 4. The summed E-state index contributed by atoms with van der Waals surface area (Å²) in [6.45, 7) is 2.85. The predicted molar refractivity (Wildman–Crippen MR) is 80.9 cm³/mol. The van der Waals surface area contributed by atoms with E-state index in [1.807, 2.05) is 0 Å². The number of carbonyl (C=O) groups excluding carboxylic acids is 1. The van der Waals surface area contributed by atoms with E-state index in [0.29, 0.717) is 0 Å². The minimum atomic E-state index is -5.11. The fourth-order valence-electron chi connectivity index (χ4n) is 1.86. The molecule has 12 heteroatoms. The number of ketones is 1. The van der Waals surface area contributed by atoms with Gasteiger partial charge in [-0.1, -0.05) is 6.07 Å². The number of hydrogen-bond donors (Lipinski definition) is 1. The van der Waals surface area contributed by atoms with Gasteiger partial charge < -0.3 is 15.4 Å². The van der Waals surface area contributed by atoms with Crippen LogP contribution >= 0.6 is 0 Å². The van der Waals surface area contributed by atoms with Crippen molar-refractivity contribution < 1.29 is 56.3 Å². The fraction of sp³-hybridized carbons (Fsp3) is 0.400. The minimum absolute atomic E-state index is 0. The topological polar surface area (TPSA) is 76.7 Å². The third-order valence-corrected chi connectivity index (χ3v) is 2.80. The molecule has 0 amide bonds. The van der Waals surface area contributed by atoms with E-state index in [-0.39, 0.29) is 37.3 Å². The summed E-state index contributed by atoms with van der Waals surface area (Å²) in [4.78, 5) is 16.7. The number of rotatable bonds is 2. The normalized spacial score (nSPS) is 19.9. The second-order valence-corrected chi connectivity index (χ2v) is 5.17. The Balaban J connectivity index is 0.000000728. The van der Waals surface area contributed by atoms with E-state index in [1.165, 1.54) is 44.3 Å².